The molecular formula is C7H9N3O4. The van der Waals surface area contributed by atoms with Crippen LogP contribution in [-0.2, 0) is 0 Å². The third-order valence-electron chi connectivity index (χ3n) is 1.31. The van der Waals surface area contributed by atoms with Crippen molar-refractivity contribution in [3.63, 3.8) is 0 Å². The second-order valence-corrected chi connectivity index (χ2v) is 2.21. The first kappa shape index (κ1) is 10.0. The highest BCUT2D eigenvalue weighted by Gasteiger charge is 2.06. The smallest absolute Gasteiger partial charge is 0.410 e. The van der Waals surface area contributed by atoms with Gasteiger partial charge in [0.1, 0.15) is 5.82 Å². The zero-order chi connectivity index (χ0) is 10.6. The molecule has 1 rings (SSSR count). The van der Waals surface area contributed by atoms with Crippen molar-refractivity contribution in [2.75, 3.05) is 19.5 Å². The van der Waals surface area contributed by atoms with Gasteiger partial charge in [-0.1, -0.05) is 0 Å². The van der Waals surface area contributed by atoms with Gasteiger partial charge in [-0.3, -0.25) is 5.32 Å². The van der Waals surface area contributed by atoms with E-state index in [0.717, 1.165) is 0 Å². The Morgan fingerprint density at radius 3 is 2.64 bits per heavy atom. The maximum atomic E-state index is 10.3. The number of amides is 1. The minimum Gasteiger partial charge on any atom is -0.481 e. The summed E-state index contributed by atoms with van der Waals surface area (Å²) in [5.41, 5.74) is 0. The topological polar surface area (TPSA) is 93.6 Å². The van der Waals surface area contributed by atoms with Crippen molar-refractivity contribution in [3.05, 3.63) is 6.07 Å². The summed E-state index contributed by atoms with van der Waals surface area (Å²) in [4.78, 5) is 17.8. The number of nitrogens with zero attached hydrogens (tertiary/aromatic N) is 2. The van der Waals surface area contributed by atoms with Crippen LogP contribution in [-0.4, -0.2) is 35.4 Å². The highest BCUT2D eigenvalue weighted by Crippen LogP contribution is 2.16. The lowest BCUT2D eigenvalue weighted by molar-refractivity contribution is 0.209. The normalized spacial score (nSPS) is 9.29. The summed E-state index contributed by atoms with van der Waals surface area (Å²) in [5.74, 6) is 0.321. The number of hydrogen-bond donors (Lipinski definition) is 2. The van der Waals surface area contributed by atoms with Crippen molar-refractivity contribution >= 4 is 11.9 Å². The molecule has 2 N–H and O–H groups in total. The monoisotopic (exact) mass is 199 g/mol. The van der Waals surface area contributed by atoms with Gasteiger partial charge in [-0.25, -0.2) is 4.79 Å². The van der Waals surface area contributed by atoms with Crippen molar-refractivity contribution < 1.29 is 19.4 Å². The van der Waals surface area contributed by atoms with Crippen LogP contribution in [0.2, 0.25) is 0 Å². The standard InChI is InChI=1S/C7H9N3O4/c1-13-5-3-4(9-7(11)12)8-6(10-5)14-2/h3H,1-2H3,(H,11,12)(H,8,9,10). The molecule has 1 aromatic rings. The summed E-state index contributed by atoms with van der Waals surface area (Å²) in [6, 6.07) is 1.38. The van der Waals surface area contributed by atoms with Crippen LogP contribution in [0.3, 0.4) is 0 Å². The summed E-state index contributed by atoms with van der Waals surface area (Å²) in [6.07, 6.45) is -1.21. The molecule has 1 amide bonds. The van der Waals surface area contributed by atoms with E-state index >= 15 is 0 Å². The Morgan fingerprint density at radius 1 is 1.43 bits per heavy atom. The first-order valence-electron chi connectivity index (χ1n) is 3.62. The Morgan fingerprint density at radius 2 is 2.14 bits per heavy atom. The molecule has 0 fully saturated rings. The number of methoxy groups -OCH3 is 2. The van der Waals surface area contributed by atoms with Crippen LogP contribution < -0.4 is 14.8 Å². The number of rotatable bonds is 3. The highest BCUT2D eigenvalue weighted by molar-refractivity contribution is 5.81. The quantitative estimate of drug-likeness (QED) is 0.739. The SMILES string of the molecule is COc1cc(NC(=O)O)nc(OC)n1. The molecule has 0 saturated carbocycles. The first-order valence-corrected chi connectivity index (χ1v) is 3.62. The highest BCUT2D eigenvalue weighted by atomic mass is 16.5. The van der Waals surface area contributed by atoms with Gasteiger partial charge in [-0.2, -0.15) is 9.97 Å². The number of ether oxygens (including phenoxy) is 2. The molecule has 1 aromatic heterocycles. The molecule has 0 radical (unpaired) electrons. The molecule has 0 saturated heterocycles. The van der Waals surface area contributed by atoms with E-state index in [2.05, 4.69) is 15.3 Å². The van der Waals surface area contributed by atoms with Crippen LogP contribution in [0.1, 0.15) is 0 Å². The third kappa shape index (κ3) is 2.47. The maximum absolute atomic E-state index is 10.3. The van der Waals surface area contributed by atoms with Crippen LogP contribution in [0.25, 0.3) is 0 Å². The molecule has 0 spiro atoms. The molecule has 0 bridgehead atoms. The Hall–Kier alpha value is -2.05. The third-order valence-corrected chi connectivity index (χ3v) is 1.31. The molecule has 14 heavy (non-hydrogen) atoms. The van der Waals surface area contributed by atoms with Crippen molar-refractivity contribution in [2.24, 2.45) is 0 Å². The zero-order valence-electron chi connectivity index (χ0n) is 7.64. The summed E-state index contributed by atoms with van der Waals surface area (Å²) >= 11 is 0. The van der Waals surface area contributed by atoms with E-state index < -0.39 is 6.09 Å². The molecule has 76 valence electrons. The number of aromatic nitrogens is 2. The molecular weight excluding hydrogens is 190 g/mol. The Labute approximate surface area is 79.7 Å². The lowest BCUT2D eigenvalue weighted by Gasteiger charge is -2.04. The second-order valence-electron chi connectivity index (χ2n) is 2.21. The summed E-state index contributed by atoms with van der Waals surface area (Å²) < 4.78 is 9.56. The second kappa shape index (κ2) is 4.26. The fraction of sp³-hybridized carbons (Fsp3) is 0.286. The van der Waals surface area contributed by atoms with Crippen molar-refractivity contribution in [3.8, 4) is 11.9 Å². The predicted octanol–water partition coefficient (Wildman–Crippen LogP) is 0.584. The number of anilines is 1. The lowest BCUT2D eigenvalue weighted by Crippen LogP contribution is -2.10. The Bertz CT molecular complexity index is 319. The van der Waals surface area contributed by atoms with E-state index in [1.165, 1.54) is 20.3 Å². The van der Waals surface area contributed by atoms with Gasteiger partial charge in [0.15, 0.2) is 0 Å². The summed E-state index contributed by atoms with van der Waals surface area (Å²) in [5, 5.41) is 10.5. The average molecular weight is 199 g/mol. The van der Waals surface area contributed by atoms with E-state index in [9.17, 15) is 4.79 Å². The van der Waals surface area contributed by atoms with Gasteiger partial charge >= 0.3 is 12.1 Å². The van der Waals surface area contributed by atoms with E-state index in [0.29, 0.717) is 0 Å². The number of carbonyl (C=O) groups is 1. The molecule has 0 aliphatic carbocycles. The van der Waals surface area contributed by atoms with E-state index in [1.54, 1.807) is 0 Å². The minimum atomic E-state index is -1.21. The Kier molecular flexibility index (Phi) is 3.05. The van der Waals surface area contributed by atoms with Crippen LogP contribution in [0, 0.1) is 0 Å². The maximum Gasteiger partial charge on any atom is 0.410 e. The number of hydrogen-bond acceptors (Lipinski definition) is 5. The van der Waals surface area contributed by atoms with Crippen LogP contribution in [0.5, 0.6) is 11.9 Å². The first-order chi connectivity index (χ1) is 6.65. The van der Waals surface area contributed by atoms with Gasteiger partial charge in [0.25, 0.3) is 0 Å². The minimum absolute atomic E-state index is 0.0353. The number of carboxylic acid groups (broad SMARTS) is 1. The van der Waals surface area contributed by atoms with Gasteiger partial charge < -0.3 is 14.6 Å². The van der Waals surface area contributed by atoms with Crippen molar-refractivity contribution in [2.45, 2.75) is 0 Å². The summed E-state index contributed by atoms with van der Waals surface area (Å²) in [7, 11) is 2.78. The van der Waals surface area contributed by atoms with Gasteiger partial charge in [0.2, 0.25) is 5.88 Å². The molecule has 7 nitrogen and oxygen atoms in total. The lowest BCUT2D eigenvalue weighted by atomic mass is 10.5. The molecule has 0 aliphatic heterocycles. The van der Waals surface area contributed by atoms with Crippen LogP contribution in [0.4, 0.5) is 10.6 Å². The zero-order valence-corrected chi connectivity index (χ0v) is 7.64. The largest absolute Gasteiger partial charge is 0.481 e. The van der Waals surface area contributed by atoms with Crippen LogP contribution in [0.15, 0.2) is 6.07 Å². The Balaban J connectivity index is 2.98. The molecule has 0 aromatic carbocycles. The van der Waals surface area contributed by atoms with E-state index in [4.69, 9.17) is 14.6 Å². The molecule has 7 heteroatoms. The van der Waals surface area contributed by atoms with Crippen molar-refractivity contribution in [1.82, 2.24) is 9.97 Å². The fourth-order valence-corrected chi connectivity index (χ4v) is 0.773. The van der Waals surface area contributed by atoms with Gasteiger partial charge in [0, 0.05) is 6.07 Å². The molecule has 0 atom stereocenters. The van der Waals surface area contributed by atoms with Gasteiger partial charge in [0.05, 0.1) is 14.2 Å². The average Bonchev–Trinajstić information content (AvgIpc) is 2.16. The van der Waals surface area contributed by atoms with E-state index in [-0.39, 0.29) is 17.7 Å². The fourth-order valence-electron chi connectivity index (χ4n) is 0.773. The molecule has 1 heterocycles. The van der Waals surface area contributed by atoms with Crippen molar-refractivity contribution in [1.29, 1.82) is 0 Å². The van der Waals surface area contributed by atoms with Gasteiger partial charge in [-0.15, -0.1) is 0 Å². The molecule has 0 aliphatic rings. The van der Waals surface area contributed by atoms with Crippen LogP contribution >= 0.6 is 0 Å². The molecule has 0 unspecified atom stereocenters. The summed E-state index contributed by atoms with van der Waals surface area (Å²) in [6.45, 7) is 0. The van der Waals surface area contributed by atoms with E-state index in [1.807, 2.05) is 0 Å². The van der Waals surface area contributed by atoms with Gasteiger partial charge in [-0.05, 0) is 0 Å². The number of nitrogens with one attached hydrogen (secondary N) is 1. The predicted molar refractivity (Wildman–Crippen MR) is 46.8 cm³/mol.